The molecular weight excluding hydrogens is 242 g/mol. The molecule has 2 aromatic rings. The van der Waals surface area contributed by atoms with Crippen LogP contribution in [0.5, 0.6) is 5.75 Å². The van der Waals surface area contributed by atoms with E-state index in [1.165, 1.54) is 5.56 Å². The lowest BCUT2D eigenvalue weighted by Crippen LogP contribution is -2.11. The summed E-state index contributed by atoms with van der Waals surface area (Å²) < 4.78 is 10.4. The van der Waals surface area contributed by atoms with Gasteiger partial charge in [-0.15, -0.1) is 0 Å². The zero-order chi connectivity index (χ0) is 14.0. The van der Waals surface area contributed by atoms with E-state index in [0.717, 1.165) is 11.3 Å². The van der Waals surface area contributed by atoms with Crippen molar-refractivity contribution in [1.82, 2.24) is 10.1 Å². The molecular formula is C14H19N3O2. The summed E-state index contributed by atoms with van der Waals surface area (Å²) in [5.74, 6) is 1.64. The highest BCUT2D eigenvalue weighted by molar-refractivity contribution is 5.65. The third-order valence-corrected chi connectivity index (χ3v) is 2.95. The second-order valence-electron chi connectivity index (χ2n) is 5.38. The monoisotopic (exact) mass is 261 g/mol. The maximum absolute atomic E-state index is 5.48. The number of aromatic nitrogens is 2. The minimum absolute atomic E-state index is 0.0431. The summed E-state index contributed by atoms with van der Waals surface area (Å²) in [6.45, 7) is 6.69. The van der Waals surface area contributed by atoms with Crippen molar-refractivity contribution in [1.29, 1.82) is 0 Å². The van der Waals surface area contributed by atoms with Crippen LogP contribution in [0.3, 0.4) is 0 Å². The Balaban J connectivity index is 2.53. The molecule has 0 aliphatic rings. The second kappa shape index (κ2) is 5.01. The van der Waals surface area contributed by atoms with Crippen molar-refractivity contribution in [2.24, 2.45) is 5.73 Å². The van der Waals surface area contributed by atoms with Crippen molar-refractivity contribution in [3.63, 3.8) is 0 Å². The van der Waals surface area contributed by atoms with Gasteiger partial charge in [0.05, 0.1) is 19.2 Å². The zero-order valence-corrected chi connectivity index (χ0v) is 11.7. The Hall–Kier alpha value is -1.88. The fourth-order valence-electron chi connectivity index (χ4n) is 1.80. The third kappa shape index (κ3) is 2.76. The predicted molar refractivity (Wildman–Crippen MR) is 72.9 cm³/mol. The second-order valence-corrected chi connectivity index (χ2v) is 5.38. The van der Waals surface area contributed by atoms with E-state index < -0.39 is 0 Å². The predicted octanol–water partition coefficient (Wildman–Crippen LogP) is 2.50. The quantitative estimate of drug-likeness (QED) is 0.918. The van der Waals surface area contributed by atoms with Crippen LogP contribution < -0.4 is 10.5 Å². The standard InChI is InChI=1S/C14H19N3O2/c1-14(2,3)9-5-6-11(18-4)10(7-9)13-16-12(8-15)19-17-13/h5-7H,8,15H2,1-4H3. The van der Waals surface area contributed by atoms with Gasteiger partial charge < -0.3 is 15.0 Å². The number of methoxy groups -OCH3 is 1. The molecule has 1 heterocycles. The molecule has 2 rings (SSSR count). The van der Waals surface area contributed by atoms with Crippen LogP contribution in [0, 0.1) is 0 Å². The molecule has 0 atom stereocenters. The Morgan fingerprint density at radius 1 is 1.32 bits per heavy atom. The first-order valence-electron chi connectivity index (χ1n) is 6.17. The van der Waals surface area contributed by atoms with Gasteiger partial charge in [0.2, 0.25) is 11.7 Å². The summed E-state index contributed by atoms with van der Waals surface area (Å²) in [6, 6.07) is 6.00. The van der Waals surface area contributed by atoms with Crippen molar-refractivity contribution in [2.45, 2.75) is 32.7 Å². The Labute approximate surface area is 112 Å². The maximum Gasteiger partial charge on any atom is 0.240 e. The van der Waals surface area contributed by atoms with Gasteiger partial charge in [0.25, 0.3) is 0 Å². The van der Waals surface area contributed by atoms with Crippen LogP contribution in [0.2, 0.25) is 0 Å². The van der Waals surface area contributed by atoms with E-state index in [-0.39, 0.29) is 12.0 Å². The summed E-state index contributed by atoms with van der Waals surface area (Å²) in [5, 5.41) is 3.94. The first-order valence-corrected chi connectivity index (χ1v) is 6.17. The summed E-state index contributed by atoms with van der Waals surface area (Å²) >= 11 is 0. The lowest BCUT2D eigenvalue weighted by molar-refractivity contribution is 0.379. The van der Waals surface area contributed by atoms with Gasteiger partial charge in [0.15, 0.2) is 0 Å². The molecule has 0 unspecified atom stereocenters. The average molecular weight is 261 g/mol. The fourth-order valence-corrected chi connectivity index (χ4v) is 1.80. The molecule has 0 bridgehead atoms. The Bertz CT molecular complexity index is 570. The maximum atomic E-state index is 5.48. The molecule has 1 aromatic carbocycles. The minimum atomic E-state index is 0.0431. The van der Waals surface area contributed by atoms with Crippen LogP contribution in [-0.2, 0) is 12.0 Å². The number of rotatable bonds is 3. The van der Waals surface area contributed by atoms with E-state index in [0.29, 0.717) is 11.7 Å². The van der Waals surface area contributed by atoms with Crippen LogP contribution in [0.25, 0.3) is 11.4 Å². The van der Waals surface area contributed by atoms with E-state index in [4.69, 9.17) is 15.0 Å². The van der Waals surface area contributed by atoms with Crippen molar-refractivity contribution in [2.75, 3.05) is 7.11 Å². The summed E-state index contributed by atoms with van der Waals surface area (Å²) in [7, 11) is 1.62. The topological polar surface area (TPSA) is 74.2 Å². The normalized spacial score (nSPS) is 11.6. The van der Waals surface area contributed by atoms with Gasteiger partial charge in [0.1, 0.15) is 5.75 Å². The van der Waals surface area contributed by atoms with Gasteiger partial charge in [-0.2, -0.15) is 4.98 Å². The number of ether oxygens (including phenoxy) is 1. The molecule has 0 amide bonds. The van der Waals surface area contributed by atoms with E-state index in [1.54, 1.807) is 7.11 Å². The van der Waals surface area contributed by atoms with Gasteiger partial charge in [-0.25, -0.2) is 0 Å². The third-order valence-electron chi connectivity index (χ3n) is 2.95. The number of nitrogens with zero attached hydrogens (tertiary/aromatic N) is 2. The van der Waals surface area contributed by atoms with Crippen LogP contribution >= 0.6 is 0 Å². The highest BCUT2D eigenvalue weighted by Gasteiger charge is 2.19. The molecule has 0 aliphatic carbocycles. The minimum Gasteiger partial charge on any atom is -0.496 e. The van der Waals surface area contributed by atoms with E-state index >= 15 is 0 Å². The largest absolute Gasteiger partial charge is 0.496 e. The highest BCUT2D eigenvalue weighted by Crippen LogP contribution is 2.33. The van der Waals surface area contributed by atoms with E-state index in [9.17, 15) is 0 Å². The summed E-state index contributed by atoms with van der Waals surface area (Å²) in [6.07, 6.45) is 0. The zero-order valence-electron chi connectivity index (χ0n) is 11.7. The Morgan fingerprint density at radius 2 is 2.05 bits per heavy atom. The molecule has 0 aliphatic heterocycles. The van der Waals surface area contributed by atoms with Gasteiger partial charge in [-0.1, -0.05) is 32.0 Å². The summed E-state index contributed by atoms with van der Waals surface area (Å²) in [4.78, 5) is 4.25. The van der Waals surface area contributed by atoms with Crippen LogP contribution in [-0.4, -0.2) is 17.3 Å². The van der Waals surface area contributed by atoms with Gasteiger partial charge >= 0.3 is 0 Å². The highest BCUT2D eigenvalue weighted by atomic mass is 16.5. The molecule has 0 saturated heterocycles. The Morgan fingerprint density at radius 3 is 2.58 bits per heavy atom. The van der Waals surface area contributed by atoms with Crippen molar-refractivity contribution >= 4 is 0 Å². The molecule has 5 nitrogen and oxygen atoms in total. The van der Waals surface area contributed by atoms with Gasteiger partial charge in [-0.05, 0) is 23.1 Å². The molecule has 0 saturated carbocycles. The first kappa shape index (κ1) is 13.5. The molecule has 102 valence electrons. The molecule has 0 radical (unpaired) electrons. The van der Waals surface area contributed by atoms with Gasteiger partial charge in [0, 0.05) is 0 Å². The van der Waals surface area contributed by atoms with Crippen molar-refractivity contribution in [3.05, 3.63) is 29.7 Å². The first-order chi connectivity index (χ1) is 8.95. The summed E-state index contributed by atoms with van der Waals surface area (Å²) in [5.41, 5.74) is 7.53. The fraction of sp³-hybridized carbons (Fsp3) is 0.429. The number of hydrogen-bond acceptors (Lipinski definition) is 5. The van der Waals surface area contributed by atoms with E-state index in [1.807, 2.05) is 18.2 Å². The molecule has 1 aromatic heterocycles. The van der Waals surface area contributed by atoms with Crippen molar-refractivity contribution in [3.8, 4) is 17.1 Å². The van der Waals surface area contributed by atoms with E-state index in [2.05, 4.69) is 30.9 Å². The number of hydrogen-bond donors (Lipinski definition) is 1. The SMILES string of the molecule is COc1ccc(C(C)(C)C)cc1-c1noc(CN)n1. The Kier molecular flexibility index (Phi) is 3.57. The van der Waals surface area contributed by atoms with Crippen LogP contribution in [0.4, 0.5) is 0 Å². The lowest BCUT2D eigenvalue weighted by atomic mass is 9.86. The lowest BCUT2D eigenvalue weighted by Gasteiger charge is -2.20. The molecule has 5 heteroatoms. The molecule has 19 heavy (non-hydrogen) atoms. The smallest absolute Gasteiger partial charge is 0.240 e. The van der Waals surface area contributed by atoms with Gasteiger partial charge in [-0.3, -0.25) is 0 Å². The molecule has 0 spiro atoms. The average Bonchev–Trinajstić information content (AvgIpc) is 2.85. The molecule has 2 N–H and O–H groups in total. The van der Waals surface area contributed by atoms with Crippen molar-refractivity contribution < 1.29 is 9.26 Å². The number of nitrogens with two attached hydrogens (primary N) is 1. The van der Waals surface area contributed by atoms with Crippen LogP contribution in [0.15, 0.2) is 22.7 Å². The van der Waals surface area contributed by atoms with Crippen LogP contribution in [0.1, 0.15) is 32.2 Å². The molecule has 0 fully saturated rings. The number of benzene rings is 1.